The lowest BCUT2D eigenvalue weighted by Crippen LogP contribution is -2.09. The summed E-state index contributed by atoms with van der Waals surface area (Å²) in [6, 6.07) is 0. The Labute approximate surface area is 221 Å². The lowest BCUT2D eigenvalue weighted by molar-refractivity contribution is 0.462. The maximum Gasteiger partial charge on any atom is 0.170 e. The van der Waals surface area contributed by atoms with E-state index in [2.05, 4.69) is 20.4 Å². The predicted molar refractivity (Wildman–Crippen MR) is 131 cm³/mol. The molecule has 2 N–H and O–H groups in total. The van der Waals surface area contributed by atoms with Crippen molar-refractivity contribution in [2.75, 3.05) is 0 Å². The Balaban J connectivity index is 1.80. The van der Waals surface area contributed by atoms with Crippen molar-refractivity contribution in [1.29, 1.82) is 0 Å². The lowest BCUT2D eigenvalue weighted by Gasteiger charge is -2.23. The highest BCUT2D eigenvalue weighted by Gasteiger charge is 2.33. The van der Waals surface area contributed by atoms with E-state index in [9.17, 15) is 0 Å². The van der Waals surface area contributed by atoms with Crippen LogP contribution in [0.3, 0.4) is 0 Å². The third-order valence-electron chi connectivity index (χ3n) is 7.23. The van der Waals surface area contributed by atoms with Crippen molar-refractivity contribution in [3.05, 3.63) is 93.6 Å². The molecule has 5 rings (SSSR count). The Hall–Kier alpha value is -4.48. The smallest absolute Gasteiger partial charge is 0.170 e. The number of hydrogen-bond acceptors (Lipinski definition) is 2. The van der Waals surface area contributed by atoms with Gasteiger partial charge in [-0.3, -0.25) is 10.2 Å². The largest absolute Gasteiger partial charge is 0.285 e. The van der Waals surface area contributed by atoms with Crippen LogP contribution in [0, 0.1) is 74.2 Å². The topological polar surface area (TPSA) is 57.4 Å². The molecule has 4 nitrogen and oxygen atoms in total. The summed E-state index contributed by atoms with van der Waals surface area (Å²) >= 11 is 0. The van der Waals surface area contributed by atoms with Crippen LogP contribution in [0.4, 0.5) is 35.1 Å². The molecule has 5 aromatic rings. The SMILES string of the molecule is Cc1c(C)c(-c2c(F)c(F)c(-c3cn[nH]c3)c(F)c2F)c(C)c(C)c1-c1c(F)c(F)c(-c2cn[nH]c2)c(F)c1F. The second kappa shape index (κ2) is 9.61. The number of halogens is 8. The van der Waals surface area contributed by atoms with Crippen molar-refractivity contribution in [2.45, 2.75) is 27.7 Å². The van der Waals surface area contributed by atoms with Gasteiger partial charge in [-0.1, -0.05) is 0 Å². The van der Waals surface area contributed by atoms with Crippen LogP contribution in [-0.2, 0) is 0 Å². The molecule has 0 aliphatic rings. The molecule has 206 valence electrons. The fourth-order valence-corrected chi connectivity index (χ4v) is 5.05. The van der Waals surface area contributed by atoms with Gasteiger partial charge in [0.2, 0.25) is 0 Å². The number of nitrogens with one attached hydrogen (secondary N) is 2. The molecule has 3 aromatic carbocycles. The van der Waals surface area contributed by atoms with Crippen molar-refractivity contribution < 1.29 is 35.1 Å². The molecular weight excluding hydrogens is 544 g/mol. The highest BCUT2D eigenvalue weighted by atomic mass is 19.2. The number of H-pyrrole nitrogens is 2. The van der Waals surface area contributed by atoms with E-state index in [4.69, 9.17) is 0 Å². The Morgan fingerprint density at radius 1 is 0.400 bits per heavy atom. The molecule has 12 heteroatoms. The average molecular weight is 562 g/mol. The first kappa shape index (κ1) is 27.1. The van der Waals surface area contributed by atoms with Gasteiger partial charge in [-0.2, -0.15) is 10.2 Å². The molecular formula is C28H18F8N4. The third kappa shape index (κ3) is 3.73. The third-order valence-corrected chi connectivity index (χ3v) is 7.23. The molecule has 0 amide bonds. The molecule has 0 radical (unpaired) electrons. The van der Waals surface area contributed by atoms with Gasteiger partial charge in [0.25, 0.3) is 0 Å². The van der Waals surface area contributed by atoms with Gasteiger partial charge in [-0.25, -0.2) is 35.1 Å². The zero-order valence-electron chi connectivity index (χ0n) is 21.2. The lowest BCUT2D eigenvalue weighted by atomic mass is 9.82. The van der Waals surface area contributed by atoms with Gasteiger partial charge in [-0.15, -0.1) is 0 Å². The quantitative estimate of drug-likeness (QED) is 0.172. The number of benzene rings is 3. The molecule has 0 atom stereocenters. The number of hydrogen-bond donors (Lipinski definition) is 2. The monoisotopic (exact) mass is 562 g/mol. The van der Waals surface area contributed by atoms with Crippen LogP contribution in [0.2, 0.25) is 0 Å². The second-order valence-corrected chi connectivity index (χ2v) is 9.24. The van der Waals surface area contributed by atoms with Gasteiger partial charge in [0.1, 0.15) is 0 Å². The highest BCUT2D eigenvalue weighted by Crippen LogP contribution is 2.46. The van der Waals surface area contributed by atoms with Crippen molar-refractivity contribution in [2.24, 2.45) is 0 Å². The van der Waals surface area contributed by atoms with E-state index in [0.717, 1.165) is 24.8 Å². The van der Waals surface area contributed by atoms with E-state index < -0.39 is 68.8 Å². The van der Waals surface area contributed by atoms with Gasteiger partial charge in [-0.05, 0) is 61.1 Å². The second-order valence-electron chi connectivity index (χ2n) is 9.24. The highest BCUT2D eigenvalue weighted by molar-refractivity contribution is 5.85. The minimum Gasteiger partial charge on any atom is -0.285 e. The maximum atomic E-state index is 15.4. The van der Waals surface area contributed by atoms with Gasteiger partial charge in [0.15, 0.2) is 46.5 Å². The van der Waals surface area contributed by atoms with E-state index in [1.54, 1.807) is 0 Å². The Kier molecular flexibility index (Phi) is 6.51. The molecule has 0 spiro atoms. The van der Waals surface area contributed by atoms with Crippen LogP contribution in [0.5, 0.6) is 0 Å². The number of aromatic nitrogens is 4. The predicted octanol–water partition coefficient (Wildman–Crippen LogP) is 8.15. The maximum absolute atomic E-state index is 15.4. The average Bonchev–Trinajstić information content (AvgIpc) is 3.65. The Morgan fingerprint density at radius 3 is 0.875 bits per heavy atom. The molecule has 40 heavy (non-hydrogen) atoms. The Morgan fingerprint density at radius 2 is 0.650 bits per heavy atom. The molecule has 2 aromatic heterocycles. The fourth-order valence-electron chi connectivity index (χ4n) is 5.05. The summed E-state index contributed by atoms with van der Waals surface area (Å²) in [4.78, 5) is 0. The minimum atomic E-state index is -1.70. The molecule has 0 aliphatic heterocycles. The molecule has 2 heterocycles. The van der Waals surface area contributed by atoms with Crippen molar-refractivity contribution in [3.8, 4) is 44.5 Å². The molecule has 0 saturated heterocycles. The number of nitrogens with zero attached hydrogens (tertiary/aromatic N) is 2. The van der Waals surface area contributed by atoms with Crippen LogP contribution >= 0.6 is 0 Å². The molecule has 0 fully saturated rings. The fraction of sp³-hybridized carbons (Fsp3) is 0.143. The van der Waals surface area contributed by atoms with Crippen molar-refractivity contribution in [3.63, 3.8) is 0 Å². The summed E-state index contributed by atoms with van der Waals surface area (Å²) in [5, 5.41) is 11.7. The standard InChI is InChI=1S/C28H18F8N4/c1-9-10(2)16(20-27(35)23(31)18(24(32)28(20)36)14-7-39-40-8-14)12(4)11(3)15(9)19-25(33)21(29)17(22(30)26(19)34)13-5-37-38-6-13/h5-8H,1-4H3,(H,37,38)(H,39,40). The molecule has 0 saturated carbocycles. The number of rotatable bonds is 4. The first-order chi connectivity index (χ1) is 18.9. The molecule has 0 bridgehead atoms. The summed E-state index contributed by atoms with van der Waals surface area (Å²) in [5.41, 5.74) is -5.13. The summed E-state index contributed by atoms with van der Waals surface area (Å²) in [7, 11) is 0. The summed E-state index contributed by atoms with van der Waals surface area (Å²) < 4.78 is 122. The van der Waals surface area contributed by atoms with Crippen molar-refractivity contribution in [1.82, 2.24) is 20.4 Å². The van der Waals surface area contributed by atoms with E-state index in [1.807, 2.05) is 0 Å². The zero-order chi connectivity index (χ0) is 29.2. The first-order valence-corrected chi connectivity index (χ1v) is 11.7. The first-order valence-electron chi connectivity index (χ1n) is 11.7. The van der Waals surface area contributed by atoms with Gasteiger partial charge in [0.05, 0.1) is 34.6 Å². The molecule has 0 unspecified atom stereocenters. The number of aromatic amines is 2. The van der Waals surface area contributed by atoms with Crippen molar-refractivity contribution >= 4 is 0 Å². The van der Waals surface area contributed by atoms with Gasteiger partial charge in [0, 0.05) is 23.5 Å². The summed E-state index contributed by atoms with van der Waals surface area (Å²) in [6.45, 7) is 5.23. The zero-order valence-corrected chi connectivity index (χ0v) is 21.2. The van der Waals surface area contributed by atoms with E-state index in [-0.39, 0.29) is 44.5 Å². The van der Waals surface area contributed by atoms with Crippen LogP contribution in [0.25, 0.3) is 44.5 Å². The van der Waals surface area contributed by atoms with E-state index >= 15 is 35.1 Å². The molecule has 0 aliphatic carbocycles. The normalized spacial score (nSPS) is 11.5. The van der Waals surface area contributed by atoms with E-state index in [0.29, 0.717) is 0 Å². The summed E-state index contributed by atoms with van der Waals surface area (Å²) in [6.07, 6.45) is 4.08. The minimum absolute atomic E-state index is 0.0238. The van der Waals surface area contributed by atoms with Crippen LogP contribution < -0.4 is 0 Å². The summed E-state index contributed by atoms with van der Waals surface area (Å²) in [5.74, 6) is -13.5. The van der Waals surface area contributed by atoms with E-state index in [1.165, 1.54) is 27.7 Å². The Bertz CT molecular complexity index is 1590. The van der Waals surface area contributed by atoms with Crippen LogP contribution in [0.15, 0.2) is 24.8 Å². The van der Waals surface area contributed by atoms with Crippen LogP contribution in [0.1, 0.15) is 22.3 Å². The van der Waals surface area contributed by atoms with Gasteiger partial charge >= 0.3 is 0 Å². The van der Waals surface area contributed by atoms with Crippen LogP contribution in [-0.4, -0.2) is 20.4 Å². The van der Waals surface area contributed by atoms with Gasteiger partial charge < -0.3 is 0 Å².